The summed E-state index contributed by atoms with van der Waals surface area (Å²) in [4.78, 5) is 29.2. The van der Waals surface area contributed by atoms with Crippen LogP contribution < -0.4 is 10.5 Å². The zero-order chi connectivity index (χ0) is 23.5. The van der Waals surface area contributed by atoms with Crippen LogP contribution in [0.4, 0.5) is 8.78 Å². The Bertz CT molecular complexity index is 1270. The number of carbonyl (C=O) groups excluding carboxylic acids is 1. The van der Waals surface area contributed by atoms with Crippen molar-refractivity contribution in [2.24, 2.45) is 5.73 Å². The largest absolute Gasteiger partial charge is 0.487 e. The van der Waals surface area contributed by atoms with Gasteiger partial charge in [0.2, 0.25) is 5.91 Å². The molecule has 32 heavy (non-hydrogen) atoms. The van der Waals surface area contributed by atoms with E-state index in [1.807, 2.05) is 24.3 Å². The Balaban J connectivity index is 1.72. The maximum absolute atomic E-state index is 14.4. The van der Waals surface area contributed by atoms with Gasteiger partial charge in [-0.05, 0) is 57.4 Å². The highest BCUT2D eigenvalue weighted by molar-refractivity contribution is 9.10. The molecule has 1 aromatic heterocycles. The highest BCUT2D eigenvalue weighted by atomic mass is 79.9. The minimum atomic E-state index is -5.78. The number of carbonyl (C=O) groups is 1. The van der Waals surface area contributed by atoms with Gasteiger partial charge in [-0.3, -0.25) is 9.36 Å². The quantitative estimate of drug-likeness (QED) is 0.334. The minimum Gasteiger partial charge on any atom is -0.487 e. The number of alkyl halides is 2. The molecule has 0 spiro atoms. The lowest BCUT2D eigenvalue weighted by molar-refractivity contribution is 0.0595. The predicted molar refractivity (Wildman–Crippen MR) is 121 cm³/mol. The van der Waals surface area contributed by atoms with Gasteiger partial charge >= 0.3 is 13.3 Å². The van der Waals surface area contributed by atoms with Crippen molar-refractivity contribution >= 4 is 50.9 Å². The monoisotopic (exact) mass is 545 g/mol. The van der Waals surface area contributed by atoms with E-state index in [-0.39, 0.29) is 37.9 Å². The van der Waals surface area contributed by atoms with Gasteiger partial charge in [0.1, 0.15) is 17.2 Å². The molecule has 1 saturated carbocycles. The fraction of sp³-hybridized carbons (Fsp3) is 0.286. The van der Waals surface area contributed by atoms with Crippen LogP contribution in [0.25, 0.3) is 10.1 Å². The van der Waals surface area contributed by atoms with E-state index in [9.17, 15) is 18.1 Å². The van der Waals surface area contributed by atoms with Gasteiger partial charge in [-0.25, -0.2) is 0 Å². The average molecular weight is 546 g/mol. The van der Waals surface area contributed by atoms with Crippen molar-refractivity contribution in [2.45, 2.75) is 37.5 Å². The standard InChI is InChI=1S/C21H19BrF2NO5PS/c1-20(6-7-20)13-4-2-11(3-5-13)10-30-15-9-12(19(25)26)8-14-16(22)18(32-17(14)15)21(23,24)31(27,28)29/h2-5,8-9H,6-7,10H2,1H3,(H2,25,26)(H2,27,28,29). The predicted octanol–water partition coefficient (Wildman–Crippen LogP) is 5.62. The summed E-state index contributed by atoms with van der Waals surface area (Å²) in [5, 5.41) is 0.154. The van der Waals surface area contributed by atoms with Crippen molar-refractivity contribution in [3.05, 3.63) is 62.4 Å². The Morgan fingerprint density at radius 2 is 1.91 bits per heavy atom. The first-order chi connectivity index (χ1) is 14.8. The molecule has 0 saturated heterocycles. The molecule has 0 bridgehead atoms. The second kappa shape index (κ2) is 7.88. The number of rotatable bonds is 7. The molecule has 0 aliphatic heterocycles. The van der Waals surface area contributed by atoms with Crippen LogP contribution in [0.15, 0.2) is 40.9 Å². The van der Waals surface area contributed by atoms with E-state index in [1.165, 1.54) is 17.7 Å². The Morgan fingerprint density at radius 1 is 1.28 bits per heavy atom. The number of halogens is 3. The zero-order valence-electron chi connectivity index (χ0n) is 16.8. The van der Waals surface area contributed by atoms with Crippen LogP contribution in [0, 0.1) is 0 Å². The molecule has 1 aliphatic carbocycles. The SMILES string of the molecule is CC1(c2ccc(COc3cc(C(N)=O)cc4c(Br)c(C(F)(F)P(=O)(O)O)sc34)cc2)CC1. The van der Waals surface area contributed by atoms with Crippen molar-refractivity contribution < 1.29 is 32.7 Å². The second-order valence-corrected chi connectivity index (χ2v) is 11.6. The maximum atomic E-state index is 14.4. The summed E-state index contributed by atoms with van der Waals surface area (Å²) in [5.74, 6) is -0.673. The van der Waals surface area contributed by atoms with E-state index < -0.39 is 24.0 Å². The fourth-order valence-electron chi connectivity index (χ4n) is 3.36. The van der Waals surface area contributed by atoms with Crippen molar-refractivity contribution in [3.8, 4) is 5.75 Å². The molecule has 1 fully saturated rings. The lowest BCUT2D eigenvalue weighted by Gasteiger charge is -2.16. The fourth-order valence-corrected chi connectivity index (χ4v) is 6.33. The summed E-state index contributed by atoms with van der Waals surface area (Å²) in [5.41, 5.74) is 3.30. The van der Waals surface area contributed by atoms with Gasteiger partial charge in [-0.1, -0.05) is 31.2 Å². The van der Waals surface area contributed by atoms with Crippen molar-refractivity contribution in [3.63, 3.8) is 0 Å². The Labute approximate surface area is 194 Å². The molecule has 1 heterocycles. The molecule has 4 N–H and O–H groups in total. The number of nitrogens with two attached hydrogens (primary N) is 1. The van der Waals surface area contributed by atoms with Crippen LogP contribution in [-0.4, -0.2) is 15.7 Å². The summed E-state index contributed by atoms with van der Waals surface area (Å²) in [6.45, 7) is 2.30. The lowest BCUT2D eigenvalue weighted by Crippen LogP contribution is -2.12. The number of primary amides is 1. The van der Waals surface area contributed by atoms with Gasteiger partial charge in [0, 0.05) is 15.4 Å². The van der Waals surface area contributed by atoms with Crippen LogP contribution in [0.5, 0.6) is 5.75 Å². The first kappa shape index (κ1) is 23.3. The molecule has 0 atom stereocenters. The third-order valence-electron chi connectivity index (χ3n) is 5.66. The number of benzene rings is 2. The third-order valence-corrected chi connectivity index (χ3v) is 9.15. The highest BCUT2D eigenvalue weighted by Crippen LogP contribution is 2.63. The second-order valence-electron chi connectivity index (χ2n) is 8.09. The molecule has 2 aromatic carbocycles. The number of fused-ring (bicyclic) bond motifs is 1. The first-order valence-corrected chi connectivity index (χ1v) is 12.8. The molecule has 6 nitrogen and oxygen atoms in total. The van der Waals surface area contributed by atoms with Gasteiger partial charge < -0.3 is 20.3 Å². The lowest BCUT2D eigenvalue weighted by atomic mass is 9.97. The van der Waals surface area contributed by atoms with Crippen molar-refractivity contribution in [2.75, 3.05) is 0 Å². The molecule has 4 rings (SSSR count). The summed E-state index contributed by atoms with van der Waals surface area (Å²) in [6.07, 6.45) is 2.30. The molecule has 0 unspecified atom stereocenters. The first-order valence-electron chi connectivity index (χ1n) is 9.55. The molecular weight excluding hydrogens is 527 g/mol. The minimum absolute atomic E-state index is 0.0223. The van der Waals surface area contributed by atoms with Crippen LogP contribution in [0.2, 0.25) is 0 Å². The van der Waals surface area contributed by atoms with Crippen LogP contribution >= 0.6 is 34.9 Å². The van der Waals surface area contributed by atoms with E-state index >= 15 is 0 Å². The Hall–Kier alpha value is -1.84. The van der Waals surface area contributed by atoms with E-state index in [2.05, 4.69) is 22.9 Å². The molecule has 1 aliphatic rings. The number of hydrogen-bond acceptors (Lipinski definition) is 4. The van der Waals surface area contributed by atoms with Gasteiger partial charge in [-0.2, -0.15) is 8.78 Å². The van der Waals surface area contributed by atoms with E-state index in [1.54, 1.807) is 0 Å². The normalized spacial score (nSPS) is 15.7. The Kier molecular flexibility index (Phi) is 5.75. The van der Waals surface area contributed by atoms with Gasteiger partial charge in [0.15, 0.2) is 0 Å². The highest BCUT2D eigenvalue weighted by Gasteiger charge is 2.53. The smallest absolute Gasteiger partial charge is 0.400 e. The molecule has 3 aromatic rings. The summed E-state index contributed by atoms with van der Waals surface area (Å²) >= 11 is 3.49. The summed E-state index contributed by atoms with van der Waals surface area (Å²) < 4.78 is 46.1. The van der Waals surface area contributed by atoms with E-state index in [0.717, 1.165) is 18.4 Å². The molecule has 170 valence electrons. The molecule has 1 amide bonds. The van der Waals surface area contributed by atoms with E-state index in [4.69, 9.17) is 20.3 Å². The van der Waals surface area contributed by atoms with Gasteiger partial charge in [-0.15, -0.1) is 11.3 Å². The van der Waals surface area contributed by atoms with Gasteiger partial charge in [0.25, 0.3) is 0 Å². The molecule has 0 radical (unpaired) electrons. The number of hydrogen-bond donors (Lipinski definition) is 3. The topological polar surface area (TPSA) is 110 Å². The van der Waals surface area contributed by atoms with Crippen molar-refractivity contribution in [1.29, 1.82) is 0 Å². The zero-order valence-corrected chi connectivity index (χ0v) is 20.1. The maximum Gasteiger partial charge on any atom is 0.400 e. The summed E-state index contributed by atoms with van der Waals surface area (Å²) in [7, 11) is -5.78. The molecular formula is C21H19BrF2NO5PS. The Morgan fingerprint density at radius 3 is 2.44 bits per heavy atom. The van der Waals surface area contributed by atoms with E-state index in [0.29, 0.717) is 11.3 Å². The van der Waals surface area contributed by atoms with Crippen molar-refractivity contribution in [1.82, 2.24) is 0 Å². The molecule has 11 heteroatoms. The number of amides is 1. The summed E-state index contributed by atoms with van der Waals surface area (Å²) in [6, 6.07) is 10.5. The van der Waals surface area contributed by atoms with Crippen LogP contribution in [0.1, 0.15) is 46.1 Å². The van der Waals surface area contributed by atoms with Crippen LogP contribution in [0.3, 0.4) is 0 Å². The van der Waals surface area contributed by atoms with Crippen LogP contribution in [-0.2, 0) is 22.3 Å². The third kappa shape index (κ3) is 4.10. The number of ether oxygens (including phenoxy) is 1. The average Bonchev–Trinajstić information content (AvgIpc) is 3.38. The van der Waals surface area contributed by atoms with Gasteiger partial charge in [0.05, 0.1) is 4.70 Å². The number of thiophene rings is 1.